The molecule has 8 heavy (non-hydrogen) atoms. The predicted molar refractivity (Wildman–Crippen MR) is 17.1 cm³/mol. The monoisotopic (exact) mass is 126 g/mol. The lowest BCUT2D eigenvalue weighted by atomic mass is 10.4. The van der Waals surface area contributed by atoms with E-state index in [1.54, 1.807) is 0 Å². The van der Waals surface area contributed by atoms with Crippen LogP contribution in [-0.2, 0) is 9.59 Å². The molecule has 0 rings (SSSR count). The lowest BCUT2D eigenvalue weighted by molar-refractivity contribution is -0.146. The van der Waals surface area contributed by atoms with E-state index in [9.17, 15) is 13.2 Å². The van der Waals surface area contributed by atoms with Gasteiger partial charge in [-0.15, -0.1) is 0 Å². The highest BCUT2D eigenvalue weighted by Gasteiger charge is 2.25. The van der Waals surface area contributed by atoms with Crippen LogP contribution in [0, 0.1) is 0 Å². The van der Waals surface area contributed by atoms with Gasteiger partial charge in [0.15, 0.2) is 0 Å². The van der Waals surface area contributed by atoms with Gasteiger partial charge in [0.2, 0.25) is 0 Å². The molecule has 0 amide bonds. The zero-order valence-corrected chi connectivity index (χ0v) is 3.53. The van der Waals surface area contributed by atoms with Crippen LogP contribution in [0.25, 0.3) is 0 Å². The van der Waals surface area contributed by atoms with Crippen molar-refractivity contribution in [2.75, 3.05) is 0 Å². The third-order valence-corrected chi connectivity index (χ3v) is 0.399. The second kappa shape index (κ2) is 2.44. The Hall–Kier alpha value is -0.870. The Morgan fingerprint density at radius 3 is 1.38 bits per heavy atom. The van der Waals surface area contributed by atoms with Crippen LogP contribution < -0.4 is 0 Å². The first kappa shape index (κ1) is 7.13. The summed E-state index contributed by atoms with van der Waals surface area (Å²) < 4.78 is 32.9. The van der Waals surface area contributed by atoms with Gasteiger partial charge in [-0.05, 0) is 0 Å². The standard InChI is InChI=1S/C3HF3O2/c4-1(2(5)7)3(6)8/h1H. The van der Waals surface area contributed by atoms with Gasteiger partial charge in [-0.3, -0.25) is 9.59 Å². The van der Waals surface area contributed by atoms with Crippen LogP contribution in [0.15, 0.2) is 0 Å². The summed E-state index contributed by atoms with van der Waals surface area (Å²) in [6.45, 7) is 0. The van der Waals surface area contributed by atoms with Crippen molar-refractivity contribution in [3.8, 4) is 0 Å². The molecule has 2 nitrogen and oxygen atoms in total. The molecule has 0 saturated carbocycles. The number of carbonyl (C=O) groups is 2. The second-order valence-electron chi connectivity index (χ2n) is 0.971. The normalized spacial score (nSPS) is 9.50. The summed E-state index contributed by atoms with van der Waals surface area (Å²) in [5, 5.41) is 0. The van der Waals surface area contributed by atoms with Crippen LogP contribution in [0.2, 0.25) is 0 Å². The van der Waals surface area contributed by atoms with Gasteiger partial charge in [0.05, 0.1) is 0 Å². The van der Waals surface area contributed by atoms with Gasteiger partial charge in [-0.25, -0.2) is 4.39 Å². The van der Waals surface area contributed by atoms with Gasteiger partial charge >= 0.3 is 12.1 Å². The lowest BCUT2D eigenvalue weighted by Gasteiger charge is -1.86. The molecule has 0 heterocycles. The fraction of sp³-hybridized carbons (Fsp3) is 0.333. The summed E-state index contributed by atoms with van der Waals surface area (Å²) in [5.41, 5.74) is 0. The molecule has 0 aromatic carbocycles. The molecule has 0 fully saturated rings. The molecule has 0 aliphatic carbocycles. The van der Waals surface area contributed by atoms with E-state index < -0.39 is 18.2 Å². The topological polar surface area (TPSA) is 34.1 Å². The number of carbonyl (C=O) groups excluding carboxylic acids is 2. The Kier molecular flexibility index (Phi) is 2.18. The summed E-state index contributed by atoms with van der Waals surface area (Å²) in [4.78, 5) is 18.2. The molecule has 46 valence electrons. The van der Waals surface area contributed by atoms with Crippen LogP contribution in [0.5, 0.6) is 0 Å². The molecule has 0 spiro atoms. The maximum Gasteiger partial charge on any atom is 0.346 e. The number of halogens is 3. The lowest BCUT2D eigenvalue weighted by Crippen LogP contribution is -2.17. The average molecular weight is 126 g/mol. The van der Waals surface area contributed by atoms with E-state index in [0.29, 0.717) is 0 Å². The first-order valence-corrected chi connectivity index (χ1v) is 1.58. The molecule has 0 bridgehead atoms. The SMILES string of the molecule is O=C(F)C(F)C(=O)F. The van der Waals surface area contributed by atoms with Crippen molar-refractivity contribution in [3.63, 3.8) is 0 Å². The smallest absolute Gasteiger partial charge is 0.257 e. The summed E-state index contributed by atoms with van der Waals surface area (Å²) in [6, 6.07) is -5.20. The number of rotatable bonds is 2. The Morgan fingerprint density at radius 2 is 1.38 bits per heavy atom. The van der Waals surface area contributed by atoms with Crippen molar-refractivity contribution in [2.24, 2.45) is 0 Å². The second-order valence-corrected chi connectivity index (χ2v) is 0.971. The summed E-state index contributed by atoms with van der Waals surface area (Å²) in [7, 11) is 0. The van der Waals surface area contributed by atoms with Crippen molar-refractivity contribution in [3.05, 3.63) is 0 Å². The molecule has 0 saturated heterocycles. The molecule has 0 aromatic rings. The molecule has 0 aromatic heterocycles. The first-order chi connectivity index (χ1) is 3.55. The quantitative estimate of drug-likeness (QED) is 0.394. The van der Waals surface area contributed by atoms with Crippen molar-refractivity contribution in [1.82, 2.24) is 0 Å². The van der Waals surface area contributed by atoms with Crippen LogP contribution >= 0.6 is 0 Å². The van der Waals surface area contributed by atoms with Crippen LogP contribution in [0.3, 0.4) is 0 Å². The van der Waals surface area contributed by atoms with Gasteiger partial charge in [0.1, 0.15) is 0 Å². The fourth-order valence-electron chi connectivity index (χ4n) is 0.0892. The third kappa shape index (κ3) is 1.72. The third-order valence-electron chi connectivity index (χ3n) is 0.399. The Morgan fingerprint density at radius 1 is 1.12 bits per heavy atom. The molecule has 0 aliphatic rings. The first-order valence-electron chi connectivity index (χ1n) is 1.58. The maximum atomic E-state index is 11.2. The highest BCUT2D eigenvalue weighted by atomic mass is 19.2. The largest absolute Gasteiger partial charge is 0.346 e. The molecular formula is C3HF3O2. The minimum absolute atomic E-state index is 2.60. The van der Waals surface area contributed by atoms with Crippen LogP contribution in [-0.4, -0.2) is 18.2 Å². The van der Waals surface area contributed by atoms with Crippen LogP contribution in [0.4, 0.5) is 13.2 Å². The minimum Gasteiger partial charge on any atom is -0.257 e. The molecule has 0 radical (unpaired) electrons. The minimum atomic E-state index is -3.24. The summed E-state index contributed by atoms with van der Waals surface area (Å²) in [5.74, 6) is 0. The predicted octanol–water partition coefficient (Wildman–Crippen LogP) is 0.317. The number of hydrogen-bond donors (Lipinski definition) is 0. The Balaban J connectivity index is 3.83. The van der Waals surface area contributed by atoms with E-state index in [1.165, 1.54) is 0 Å². The van der Waals surface area contributed by atoms with E-state index >= 15 is 0 Å². The molecular weight excluding hydrogens is 125 g/mol. The van der Waals surface area contributed by atoms with Crippen molar-refractivity contribution >= 4 is 12.1 Å². The molecule has 0 unspecified atom stereocenters. The van der Waals surface area contributed by atoms with Crippen LogP contribution in [0.1, 0.15) is 0 Å². The zero-order valence-electron chi connectivity index (χ0n) is 3.53. The number of hydrogen-bond acceptors (Lipinski definition) is 2. The highest BCUT2D eigenvalue weighted by molar-refractivity contribution is 5.96. The average Bonchev–Trinajstić information content (AvgIpc) is 1.64. The van der Waals surface area contributed by atoms with E-state index in [4.69, 9.17) is 9.59 Å². The molecule has 5 heteroatoms. The van der Waals surface area contributed by atoms with Crippen molar-refractivity contribution in [2.45, 2.75) is 6.17 Å². The van der Waals surface area contributed by atoms with Gasteiger partial charge < -0.3 is 0 Å². The zero-order chi connectivity index (χ0) is 6.73. The van der Waals surface area contributed by atoms with Crippen molar-refractivity contribution < 1.29 is 22.8 Å². The fourth-order valence-corrected chi connectivity index (χ4v) is 0.0892. The van der Waals surface area contributed by atoms with Gasteiger partial charge in [-0.1, -0.05) is 0 Å². The van der Waals surface area contributed by atoms with Gasteiger partial charge in [0, 0.05) is 0 Å². The highest BCUT2D eigenvalue weighted by Crippen LogP contribution is 1.95. The van der Waals surface area contributed by atoms with Gasteiger partial charge in [0.25, 0.3) is 6.17 Å². The summed E-state index contributed by atoms with van der Waals surface area (Å²) >= 11 is 0. The number of alkyl halides is 1. The van der Waals surface area contributed by atoms with E-state index in [0.717, 1.165) is 0 Å². The Bertz CT molecular complexity index is 108. The molecule has 0 atom stereocenters. The molecule has 0 N–H and O–H groups in total. The van der Waals surface area contributed by atoms with Crippen molar-refractivity contribution in [1.29, 1.82) is 0 Å². The molecule has 0 aliphatic heterocycles. The van der Waals surface area contributed by atoms with E-state index in [2.05, 4.69) is 0 Å². The van der Waals surface area contributed by atoms with E-state index in [1.807, 2.05) is 0 Å². The summed E-state index contributed by atoms with van der Waals surface area (Å²) in [6.07, 6.45) is -3.24. The van der Waals surface area contributed by atoms with E-state index in [-0.39, 0.29) is 0 Å². The maximum absolute atomic E-state index is 11.2. The van der Waals surface area contributed by atoms with Gasteiger partial charge in [-0.2, -0.15) is 8.78 Å². The Labute approximate surface area is 42.3 Å².